The van der Waals surface area contributed by atoms with Gasteiger partial charge in [-0.1, -0.05) is 98.2 Å². The monoisotopic (exact) mass is 1630 g/mol. The fourth-order valence-electron chi connectivity index (χ4n) is 12.7. The minimum absolute atomic E-state index is 0.0365. The molecule has 116 heavy (non-hydrogen) atoms. The number of halogens is 1. The van der Waals surface area contributed by atoms with Gasteiger partial charge in [-0.05, 0) is 162 Å². The SMILES string of the molecule is CC(=O)O.CCNC(=NCCCCC(NC(=O)C(Cc1ccc(O)cc1)NC(=O)C(CO)NC(=O)C(Cc1cccnc1)NC(=O)C(Cc1ccc(Cl)cc1)NC(=O)C(Cc1ccc2ccccc2c1)NC(C)=O)C(=O)NC(CC(C)C)C(=O)NC(CCCCN=C(NCC)NCC)C(=O)N1CCCC1C(=O)NC(C)C(N)=O)NCC. The number of unbranched alkanes of at least 4 members (excludes halogenated alkanes) is 2. The van der Waals surface area contributed by atoms with Crippen LogP contribution in [-0.2, 0) is 83.2 Å². The van der Waals surface area contributed by atoms with Gasteiger partial charge in [0.15, 0.2) is 11.9 Å². The van der Waals surface area contributed by atoms with Crippen LogP contribution in [0.5, 0.6) is 5.75 Å². The number of nitrogens with one attached hydrogen (secondary N) is 13. The van der Waals surface area contributed by atoms with E-state index in [0.29, 0.717) is 104 Å². The summed E-state index contributed by atoms with van der Waals surface area (Å²) in [4.78, 5) is 181. The Morgan fingerprint density at radius 2 is 0.948 bits per heavy atom. The van der Waals surface area contributed by atoms with Crippen LogP contribution in [0.15, 0.2) is 126 Å². The Hall–Kier alpha value is -11.5. The molecule has 1 aliphatic heterocycles. The molecule has 1 aliphatic rings. The average molecular weight is 1630 g/mol. The summed E-state index contributed by atoms with van der Waals surface area (Å²) >= 11 is 6.26. The number of aliphatic carboxylic acids is 1. The largest absolute Gasteiger partial charge is 0.508 e. The zero-order valence-electron chi connectivity index (χ0n) is 67.7. The molecule has 10 atom stereocenters. The van der Waals surface area contributed by atoms with E-state index < -0.39 is 138 Å². The molecule has 5 aromatic rings. The number of aromatic hydroxyl groups is 1. The lowest BCUT2D eigenvalue weighted by atomic mass is 9.99. The van der Waals surface area contributed by atoms with Gasteiger partial charge >= 0.3 is 0 Å². The number of carbonyl (C=O) groups is 12. The molecule has 0 bridgehead atoms. The Morgan fingerprint density at radius 3 is 1.44 bits per heavy atom. The number of hydrogen-bond donors (Lipinski definition) is 17. The molecule has 1 saturated heterocycles. The molecule has 6 rings (SSSR count). The van der Waals surface area contributed by atoms with Gasteiger partial charge in [0.25, 0.3) is 5.97 Å². The van der Waals surface area contributed by atoms with Crippen LogP contribution >= 0.6 is 11.6 Å². The van der Waals surface area contributed by atoms with Crippen molar-refractivity contribution in [1.82, 2.24) is 79.0 Å². The minimum Gasteiger partial charge on any atom is -0.508 e. The van der Waals surface area contributed by atoms with Crippen molar-refractivity contribution in [2.45, 2.75) is 206 Å². The molecule has 0 aliphatic carbocycles. The number of carboxylic acid groups (broad SMARTS) is 1. The molecule has 0 radical (unpaired) electrons. The smallest absolute Gasteiger partial charge is 0.300 e. The van der Waals surface area contributed by atoms with Crippen LogP contribution < -0.4 is 74.9 Å². The molecule has 10 unspecified atom stereocenters. The Balaban J connectivity index is 0.00000586. The summed E-state index contributed by atoms with van der Waals surface area (Å²) < 4.78 is 0. The molecule has 11 amide bonds. The normalized spacial score (nSPS) is 14.5. The molecule has 1 fully saturated rings. The first-order valence-electron chi connectivity index (χ1n) is 39.5. The van der Waals surface area contributed by atoms with Crippen molar-refractivity contribution in [2.24, 2.45) is 21.6 Å². The number of guanidine groups is 2. The van der Waals surface area contributed by atoms with E-state index in [-0.39, 0.29) is 76.0 Å². The van der Waals surface area contributed by atoms with Crippen LogP contribution in [0.1, 0.15) is 142 Å². The van der Waals surface area contributed by atoms with E-state index in [4.69, 9.17) is 27.2 Å². The summed E-state index contributed by atoms with van der Waals surface area (Å²) in [7, 11) is 0. The Morgan fingerprint density at radius 1 is 0.517 bits per heavy atom. The lowest BCUT2D eigenvalue weighted by Gasteiger charge is -2.31. The Kier molecular flexibility index (Phi) is 41.6. The number of aromatic nitrogens is 1. The fourth-order valence-corrected chi connectivity index (χ4v) is 12.8. The summed E-state index contributed by atoms with van der Waals surface area (Å²) in [6, 6.07) is 15.3. The highest BCUT2D eigenvalue weighted by Crippen LogP contribution is 2.23. The summed E-state index contributed by atoms with van der Waals surface area (Å²) in [5.41, 5.74) is 7.61. The quantitative estimate of drug-likeness (QED) is 0.0151. The first-order chi connectivity index (χ1) is 55.4. The van der Waals surface area contributed by atoms with Gasteiger partial charge < -0.3 is 95.1 Å². The summed E-state index contributed by atoms with van der Waals surface area (Å²) in [6.45, 7) is 17.4. The highest BCUT2D eigenvalue weighted by molar-refractivity contribution is 6.30. The zero-order valence-corrected chi connectivity index (χ0v) is 68.4. The van der Waals surface area contributed by atoms with Gasteiger partial charge in [0, 0.05) is 103 Å². The number of primary amides is 1. The maximum absolute atomic E-state index is 15.2. The van der Waals surface area contributed by atoms with Gasteiger partial charge in [-0.2, -0.15) is 0 Å². The summed E-state index contributed by atoms with van der Waals surface area (Å²) in [5.74, 6) is -8.56. The predicted molar refractivity (Wildman–Crippen MR) is 442 cm³/mol. The third-order valence-corrected chi connectivity index (χ3v) is 18.7. The van der Waals surface area contributed by atoms with Crippen LogP contribution in [0.3, 0.4) is 0 Å². The van der Waals surface area contributed by atoms with Gasteiger partial charge in [0.1, 0.15) is 66.2 Å². The first kappa shape index (κ1) is 95.1. The number of likely N-dealkylation sites (tertiary alicyclic amines) is 1. The maximum atomic E-state index is 15.2. The number of aliphatic imine (C=N–C) groups is 2. The predicted octanol–water partition coefficient (Wildman–Crippen LogP) is 2.36. The van der Waals surface area contributed by atoms with E-state index in [9.17, 15) is 53.4 Å². The number of nitrogens with two attached hydrogens (primary N) is 1. The molecule has 33 nitrogen and oxygen atoms in total. The average Bonchev–Trinajstić information content (AvgIpc) is 1.56. The first-order valence-corrected chi connectivity index (χ1v) is 39.9. The second kappa shape index (κ2) is 50.7. The molecule has 4 aromatic carbocycles. The number of amides is 11. The lowest BCUT2D eigenvalue weighted by molar-refractivity contribution is -0.142. The molecular weight excluding hydrogens is 1510 g/mol. The van der Waals surface area contributed by atoms with Crippen LogP contribution in [0.2, 0.25) is 5.02 Å². The van der Waals surface area contributed by atoms with Crippen LogP contribution in [-0.4, -0.2) is 221 Å². The summed E-state index contributed by atoms with van der Waals surface area (Å²) in [5, 5.41) is 68.4. The van der Waals surface area contributed by atoms with Gasteiger partial charge in [0.05, 0.1) is 6.61 Å². The Bertz CT molecular complexity index is 4080. The van der Waals surface area contributed by atoms with Gasteiger partial charge in [0.2, 0.25) is 65.0 Å². The number of nitrogens with zero attached hydrogens (tertiary/aromatic N) is 4. The third-order valence-electron chi connectivity index (χ3n) is 18.5. The van der Waals surface area contributed by atoms with Crippen molar-refractivity contribution in [3.8, 4) is 5.75 Å². The number of benzene rings is 4. The summed E-state index contributed by atoms with van der Waals surface area (Å²) in [6.07, 6.45) is 4.77. The number of phenolic OH excluding ortho intramolecular Hbond substituents is 1. The molecule has 0 spiro atoms. The number of hydrogen-bond acceptors (Lipinski definition) is 17. The third kappa shape index (κ3) is 33.9. The van der Waals surface area contributed by atoms with E-state index in [1.807, 2.05) is 84.0 Å². The van der Waals surface area contributed by atoms with Crippen molar-refractivity contribution in [1.29, 1.82) is 0 Å². The minimum atomic E-state index is -1.82. The number of aliphatic hydroxyl groups is 1. The van der Waals surface area contributed by atoms with E-state index in [1.54, 1.807) is 36.4 Å². The lowest BCUT2D eigenvalue weighted by Crippen LogP contribution is -2.61. The second-order valence-corrected chi connectivity index (χ2v) is 29.0. The molecule has 2 heterocycles. The molecule has 0 saturated carbocycles. The standard InChI is InChI=1S/C80H113ClN18O13.C2H4O2/c1-9-84-79(85-10-2)88-38-17-15-24-60(70(104)94-62(41-49(5)6)71(105)93-61(25-16-18-39-89-80(86-11-3)87-12-4)78(112)99-40-20-26-68(99)77(111)90-50(7)69(82)103)92-73(107)64(44-53-30-35-59(102)36-31-53)97-76(110)67(48-100)98-75(109)66(46-55-21-19-37-83-47-55)96-74(108)65(43-52-28-33-58(81)34-29-52)95-72(106)63(91-51(8)101)45-54-27-32-56-22-13-14-23-57(56)42-54;1-2(3)4/h13-14,19,21-23,27-37,42,47,49-50,60-68,100,102H,9-12,15-18,20,24-26,38-41,43-46,48H2,1-8H3,(H2,82,103)(H,90,111)(H,91,101)(H,92,107)(H,93,105)(H,94,104)(H,95,106)(H,96,108)(H,97,110)(H,98,109)(H2,84,85,88)(H2,86,87,89);1H3,(H,3,4). The van der Waals surface area contributed by atoms with Gasteiger partial charge in [-0.15, -0.1) is 0 Å². The van der Waals surface area contributed by atoms with Gasteiger partial charge in [-0.25, -0.2) is 0 Å². The van der Waals surface area contributed by atoms with Crippen molar-refractivity contribution in [3.63, 3.8) is 0 Å². The van der Waals surface area contributed by atoms with E-state index in [1.165, 1.54) is 55.4 Å². The highest BCUT2D eigenvalue weighted by atomic mass is 35.5. The number of pyridine rings is 1. The van der Waals surface area contributed by atoms with E-state index in [2.05, 4.69) is 84.1 Å². The number of carboxylic acids is 1. The molecule has 632 valence electrons. The van der Waals surface area contributed by atoms with Crippen LogP contribution in [0.25, 0.3) is 10.8 Å². The number of rotatable bonds is 44. The highest BCUT2D eigenvalue weighted by Gasteiger charge is 2.40. The number of fused-ring (bicyclic) bond motifs is 1. The van der Waals surface area contributed by atoms with Crippen LogP contribution in [0, 0.1) is 5.92 Å². The topological polar surface area (TPSA) is 489 Å². The van der Waals surface area contributed by atoms with Crippen molar-refractivity contribution < 1.29 is 72.9 Å². The molecule has 34 heteroatoms. The van der Waals surface area contributed by atoms with Crippen molar-refractivity contribution >= 4 is 105 Å². The maximum Gasteiger partial charge on any atom is 0.300 e. The Labute approximate surface area is 682 Å². The number of phenols is 1. The van der Waals surface area contributed by atoms with Crippen LogP contribution in [0.4, 0.5) is 0 Å². The van der Waals surface area contributed by atoms with Gasteiger partial charge in [-0.3, -0.25) is 72.5 Å². The van der Waals surface area contributed by atoms with E-state index in [0.717, 1.165) is 17.7 Å². The molecule has 18 N–H and O–H groups in total. The number of aliphatic hydroxyl groups excluding tert-OH is 1. The number of carbonyl (C=O) groups excluding carboxylic acids is 11. The zero-order chi connectivity index (χ0) is 85.2. The van der Waals surface area contributed by atoms with E-state index >= 15 is 9.59 Å². The van der Waals surface area contributed by atoms with Crippen molar-refractivity contribution in [2.75, 3.05) is 52.4 Å². The van der Waals surface area contributed by atoms with Crippen molar-refractivity contribution in [3.05, 3.63) is 143 Å². The molecular formula is C82H117ClN18O15. The fraction of sp³-hybridized carbons (Fsp3) is 0.500. The second-order valence-electron chi connectivity index (χ2n) is 28.6. The molecule has 1 aromatic heterocycles.